The highest BCUT2D eigenvalue weighted by atomic mass is 16.5. The van der Waals surface area contributed by atoms with E-state index < -0.39 is 0 Å². The molecule has 0 fully saturated rings. The average Bonchev–Trinajstić information content (AvgIpc) is 3.11. The van der Waals surface area contributed by atoms with Crippen LogP contribution in [0, 0.1) is 0 Å². The molecule has 2 aromatic rings. The number of amidine groups is 1. The van der Waals surface area contributed by atoms with Crippen LogP contribution in [0.25, 0.3) is 5.43 Å². The largest absolute Gasteiger partial charge is 0.470 e. The Morgan fingerprint density at radius 2 is 2.45 bits per heavy atom. The fraction of sp³-hybridized carbons (Fsp3) is 0.300. The predicted octanol–water partition coefficient (Wildman–Crippen LogP) is 0.477. The van der Waals surface area contributed by atoms with Crippen molar-refractivity contribution in [3.63, 3.8) is 0 Å². The Kier molecular flexibility index (Phi) is 3.13. The highest BCUT2D eigenvalue weighted by Crippen LogP contribution is 2.15. The first-order valence-electron chi connectivity index (χ1n) is 5.73. The van der Waals surface area contributed by atoms with Crippen molar-refractivity contribution in [2.75, 3.05) is 0 Å². The van der Waals surface area contributed by atoms with E-state index in [9.17, 15) is 4.79 Å². The zero-order chi connectivity index (χ0) is 13.9. The van der Waals surface area contributed by atoms with E-state index in [4.69, 9.17) is 9.26 Å². The SMILES string of the molecule is CC1=NN(Cc2cc(OCc3co[nH]c3=O)no2)N[N-]1. The number of hydrazine groups is 1. The minimum atomic E-state index is -0.332. The topological polar surface area (TPSA) is 123 Å². The number of H-pyrrole nitrogens is 1. The first-order chi connectivity index (χ1) is 9.70. The van der Waals surface area contributed by atoms with E-state index >= 15 is 0 Å². The Morgan fingerprint density at radius 3 is 3.15 bits per heavy atom. The summed E-state index contributed by atoms with van der Waals surface area (Å²) in [6, 6.07) is 1.61. The van der Waals surface area contributed by atoms with Crippen molar-refractivity contribution in [2.24, 2.45) is 5.10 Å². The van der Waals surface area contributed by atoms with Crippen LogP contribution in [-0.2, 0) is 13.2 Å². The lowest BCUT2D eigenvalue weighted by Crippen LogP contribution is -2.24. The molecule has 0 aliphatic carbocycles. The second-order valence-corrected chi connectivity index (χ2v) is 4.03. The third-order valence-electron chi connectivity index (χ3n) is 2.46. The lowest BCUT2D eigenvalue weighted by molar-refractivity contribution is 0.202. The van der Waals surface area contributed by atoms with E-state index in [0.717, 1.165) is 0 Å². The summed E-state index contributed by atoms with van der Waals surface area (Å²) in [5.74, 6) is 1.44. The number of nitrogens with one attached hydrogen (secondary N) is 2. The second-order valence-electron chi connectivity index (χ2n) is 4.03. The van der Waals surface area contributed by atoms with Crippen LogP contribution in [0.1, 0.15) is 18.2 Å². The van der Waals surface area contributed by atoms with Gasteiger partial charge in [-0.25, -0.2) is 5.53 Å². The van der Waals surface area contributed by atoms with Gasteiger partial charge in [0.05, 0.1) is 12.1 Å². The summed E-state index contributed by atoms with van der Waals surface area (Å²) in [6.07, 6.45) is 1.29. The van der Waals surface area contributed by atoms with E-state index in [-0.39, 0.29) is 18.0 Å². The van der Waals surface area contributed by atoms with Gasteiger partial charge in [0.25, 0.3) is 11.4 Å². The fourth-order valence-electron chi connectivity index (χ4n) is 1.53. The molecule has 0 unspecified atom stereocenters. The standard InChI is InChI=1S/C10H12N6O4/c1-6-11-15-16(12-6)3-8-2-9(13-20-8)18-4-7-5-19-14-10(7)17/h2,5,15H,3-4H2,1H3,(H2,11,12,14,17)/p-1. The van der Waals surface area contributed by atoms with Gasteiger partial charge in [-0.1, -0.05) is 5.84 Å². The van der Waals surface area contributed by atoms with E-state index in [1.165, 1.54) is 11.4 Å². The number of aromatic amines is 1. The third kappa shape index (κ3) is 2.64. The van der Waals surface area contributed by atoms with Crippen molar-refractivity contribution in [2.45, 2.75) is 20.1 Å². The molecule has 10 nitrogen and oxygen atoms in total. The minimum absolute atomic E-state index is 0.0480. The van der Waals surface area contributed by atoms with Crippen LogP contribution in [0.15, 0.2) is 31.3 Å². The van der Waals surface area contributed by atoms with Gasteiger partial charge in [-0.15, -0.1) is 0 Å². The van der Waals surface area contributed by atoms with E-state index in [2.05, 4.69) is 30.9 Å². The number of hydrogen-bond donors (Lipinski definition) is 2. The summed E-state index contributed by atoms with van der Waals surface area (Å²) in [6.45, 7) is 2.17. The van der Waals surface area contributed by atoms with Crippen molar-refractivity contribution in [3.05, 3.63) is 39.4 Å². The quantitative estimate of drug-likeness (QED) is 0.815. The average molecular weight is 279 g/mol. The lowest BCUT2D eigenvalue weighted by Gasteiger charge is -2.18. The molecule has 0 amide bonds. The lowest BCUT2D eigenvalue weighted by atomic mass is 10.4. The Morgan fingerprint density at radius 1 is 1.55 bits per heavy atom. The van der Waals surface area contributed by atoms with Crippen LogP contribution in [0.2, 0.25) is 0 Å². The molecule has 0 radical (unpaired) electrons. The Hall–Kier alpha value is -2.75. The molecule has 1 aliphatic rings. The normalized spacial score (nSPS) is 14.2. The molecule has 1 aliphatic heterocycles. The van der Waals surface area contributed by atoms with Crippen molar-refractivity contribution >= 4 is 5.84 Å². The molecule has 2 N–H and O–H groups in total. The molecular weight excluding hydrogens is 268 g/mol. The fourth-order valence-corrected chi connectivity index (χ4v) is 1.53. The molecule has 106 valence electrons. The highest BCUT2D eigenvalue weighted by molar-refractivity contribution is 5.91. The van der Waals surface area contributed by atoms with Gasteiger partial charge >= 0.3 is 0 Å². The maximum Gasteiger partial charge on any atom is 0.286 e. The molecule has 0 bridgehead atoms. The van der Waals surface area contributed by atoms with Gasteiger partial charge in [-0.3, -0.25) is 4.79 Å². The summed E-state index contributed by atoms with van der Waals surface area (Å²) in [7, 11) is 0. The number of rotatable bonds is 5. The Bertz CT molecular complexity index is 671. The van der Waals surface area contributed by atoms with Gasteiger partial charge < -0.3 is 29.4 Å². The number of hydrogen-bond acceptors (Lipinski definition) is 8. The summed E-state index contributed by atoms with van der Waals surface area (Å²) >= 11 is 0. The molecule has 3 rings (SSSR count). The van der Waals surface area contributed by atoms with Gasteiger partial charge in [-0.05, 0) is 12.1 Å². The van der Waals surface area contributed by atoms with Crippen molar-refractivity contribution in [1.82, 2.24) is 21.0 Å². The zero-order valence-electron chi connectivity index (χ0n) is 10.5. The van der Waals surface area contributed by atoms with Gasteiger partial charge in [0.2, 0.25) is 0 Å². The molecule has 0 aromatic carbocycles. The van der Waals surface area contributed by atoms with Crippen LogP contribution in [0.5, 0.6) is 5.88 Å². The summed E-state index contributed by atoms with van der Waals surface area (Å²) in [5, 5.41) is 11.5. The van der Waals surface area contributed by atoms with Crippen molar-refractivity contribution in [1.29, 1.82) is 0 Å². The van der Waals surface area contributed by atoms with E-state index in [0.29, 0.717) is 23.7 Å². The monoisotopic (exact) mass is 279 g/mol. The molecule has 2 aromatic heterocycles. The van der Waals surface area contributed by atoms with Gasteiger partial charge in [0.1, 0.15) is 12.9 Å². The van der Waals surface area contributed by atoms with E-state index in [1.54, 1.807) is 13.0 Å². The minimum Gasteiger partial charge on any atom is -0.470 e. The Labute approximate surface area is 112 Å². The van der Waals surface area contributed by atoms with Crippen LogP contribution in [0.3, 0.4) is 0 Å². The highest BCUT2D eigenvalue weighted by Gasteiger charge is 2.10. The molecular formula is C10H11N6O4-. The zero-order valence-corrected chi connectivity index (χ0v) is 10.5. The van der Waals surface area contributed by atoms with Crippen LogP contribution >= 0.6 is 0 Å². The van der Waals surface area contributed by atoms with Crippen LogP contribution < -0.4 is 15.8 Å². The van der Waals surface area contributed by atoms with Crippen molar-refractivity contribution < 1.29 is 13.8 Å². The Balaban J connectivity index is 1.57. The van der Waals surface area contributed by atoms with Crippen LogP contribution in [0.4, 0.5) is 0 Å². The molecule has 0 spiro atoms. The molecule has 0 atom stereocenters. The van der Waals surface area contributed by atoms with Gasteiger partial charge in [0, 0.05) is 6.07 Å². The molecule has 20 heavy (non-hydrogen) atoms. The smallest absolute Gasteiger partial charge is 0.286 e. The third-order valence-corrected chi connectivity index (χ3v) is 2.46. The molecule has 3 heterocycles. The molecule has 0 saturated carbocycles. The molecule has 10 heteroatoms. The molecule has 0 saturated heterocycles. The van der Waals surface area contributed by atoms with Gasteiger partial charge in [0.15, 0.2) is 5.76 Å². The summed E-state index contributed by atoms with van der Waals surface area (Å²) < 4.78 is 15.0. The predicted molar refractivity (Wildman–Crippen MR) is 65.3 cm³/mol. The van der Waals surface area contributed by atoms with E-state index in [1.807, 2.05) is 0 Å². The van der Waals surface area contributed by atoms with Crippen molar-refractivity contribution in [3.8, 4) is 5.88 Å². The summed E-state index contributed by atoms with van der Waals surface area (Å²) in [5.41, 5.74) is 6.62. The number of hydrazone groups is 1. The van der Waals surface area contributed by atoms with Gasteiger partial charge in [-0.2, -0.15) is 5.16 Å². The maximum atomic E-state index is 11.2. The number of nitrogens with zero attached hydrogens (tertiary/aromatic N) is 4. The maximum absolute atomic E-state index is 11.2. The summed E-state index contributed by atoms with van der Waals surface area (Å²) in [4.78, 5) is 11.2. The first-order valence-corrected chi connectivity index (χ1v) is 5.73. The second kappa shape index (κ2) is 5.09. The van der Waals surface area contributed by atoms with Crippen LogP contribution in [-0.4, -0.2) is 21.3 Å². The first kappa shape index (κ1) is 12.3. The number of aromatic nitrogens is 2. The number of ether oxygens (including phenoxy) is 1.